The maximum Gasteiger partial charge on any atom is 0.335 e. The Kier molecular flexibility index (Phi) is 5.86. The lowest BCUT2D eigenvalue weighted by Crippen LogP contribution is -2.24. The summed E-state index contributed by atoms with van der Waals surface area (Å²) < 4.78 is 7.41. The molecule has 2 aromatic heterocycles. The Balaban J connectivity index is 1.54. The number of nitrogens with zero attached hydrogens (tertiary/aromatic N) is 2. The Morgan fingerprint density at radius 2 is 1.81 bits per heavy atom. The van der Waals surface area contributed by atoms with Gasteiger partial charge in [-0.05, 0) is 50.1 Å². The van der Waals surface area contributed by atoms with Crippen LogP contribution in [-0.2, 0) is 6.54 Å². The Morgan fingerprint density at radius 1 is 1.10 bits per heavy atom. The lowest BCUT2D eigenvalue weighted by atomic mass is 10.0. The number of aryl methyl sites for hydroxylation is 2. The molecule has 31 heavy (non-hydrogen) atoms. The van der Waals surface area contributed by atoms with Crippen LogP contribution in [0.15, 0.2) is 59.4 Å². The summed E-state index contributed by atoms with van der Waals surface area (Å²) in [4.78, 5) is 30.8. The summed E-state index contributed by atoms with van der Waals surface area (Å²) in [5, 5.41) is 9.63. The lowest BCUT2D eigenvalue weighted by Gasteiger charge is -2.11. The lowest BCUT2D eigenvalue weighted by molar-refractivity contribution is 0.0697. The summed E-state index contributed by atoms with van der Waals surface area (Å²) in [5.74, 6) is 0.314. The molecule has 0 amide bonds. The molecule has 0 saturated heterocycles. The SMILES string of the molecule is Cc1sc2nc(C)n(CCCOc3ccc(C(=O)O)cc3)c(=O)c2c1-c1ccccc1. The van der Waals surface area contributed by atoms with Crippen LogP contribution < -0.4 is 10.3 Å². The number of carboxylic acid groups (broad SMARTS) is 1. The van der Waals surface area contributed by atoms with Gasteiger partial charge in [-0.25, -0.2) is 9.78 Å². The van der Waals surface area contributed by atoms with Crippen molar-refractivity contribution in [2.75, 3.05) is 6.61 Å². The van der Waals surface area contributed by atoms with Gasteiger partial charge in [0.15, 0.2) is 0 Å². The average molecular weight is 435 g/mol. The Hall–Kier alpha value is -3.45. The standard InChI is InChI=1S/C24H22N2O4S/c1-15-20(17-7-4-3-5-8-17)21-22(31-15)25-16(2)26(23(21)27)13-6-14-30-19-11-9-18(10-12-19)24(28)29/h3-5,7-12H,6,13-14H2,1-2H3,(H,28,29). The maximum atomic E-state index is 13.4. The van der Waals surface area contributed by atoms with Gasteiger partial charge in [-0.1, -0.05) is 30.3 Å². The predicted molar refractivity (Wildman–Crippen MR) is 122 cm³/mol. The number of fused-ring (bicyclic) bond motifs is 1. The third-order valence-corrected chi connectivity index (χ3v) is 6.14. The molecule has 2 aromatic carbocycles. The molecule has 0 radical (unpaired) electrons. The first kappa shape index (κ1) is 20.8. The van der Waals surface area contributed by atoms with Gasteiger partial charge < -0.3 is 9.84 Å². The second-order valence-electron chi connectivity index (χ2n) is 7.23. The maximum absolute atomic E-state index is 13.4. The number of ether oxygens (including phenoxy) is 1. The number of carbonyl (C=O) groups is 1. The smallest absolute Gasteiger partial charge is 0.335 e. The Morgan fingerprint density at radius 3 is 2.48 bits per heavy atom. The van der Waals surface area contributed by atoms with E-state index in [2.05, 4.69) is 0 Å². The van der Waals surface area contributed by atoms with Crippen molar-refractivity contribution >= 4 is 27.5 Å². The summed E-state index contributed by atoms with van der Waals surface area (Å²) in [7, 11) is 0. The van der Waals surface area contributed by atoms with Crippen LogP contribution in [0.5, 0.6) is 5.75 Å². The van der Waals surface area contributed by atoms with Crippen molar-refractivity contribution in [3.8, 4) is 16.9 Å². The predicted octanol–water partition coefficient (Wildman–Crippen LogP) is 4.91. The minimum atomic E-state index is -0.970. The zero-order valence-corrected chi connectivity index (χ0v) is 18.1. The number of aromatic carboxylic acids is 1. The summed E-state index contributed by atoms with van der Waals surface area (Å²) in [6.45, 7) is 4.77. The molecule has 7 heteroatoms. The molecule has 4 rings (SSSR count). The first-order valence-electron chi connectivity index (χ1n) is 9.98. The summed E-state index contributed by atoms with van der Waals surface area (Å²) in [5.41, 5.74) is 2.17. The molecule has 0 aliphatic rings. The van der Waals surface area contributed by atoms with Gasteiger partial charge in [0, 0.05) is 17.0 Å². The van der Waals surface area contributed by atoms with E-state index in [4.69, 9.17) is 14.8 Å². The van der Waals surface area contributed by atoms with Gasteiger partial charge >= 0.3 is 5.97 Å². The molecule has 0 bridgehead atoms. The Labute approximate surface area is 183 Å². The number of benzene rings is 2. The quantitative estimate of drug-likeness (QED) is 0.418. The van der Waals surface area contributed by atoms with E-state index in [9.17, 15) is 9.59 Å². The van der Waals surface area contributed by atoms with E-state index in [0.717, 1.165) is 20.8 Å². The van der Waals surface area contributed by atoms with Crippen LogP contribution in [0.3, 0.4) is 0 Å². The monoisotopic (exact) mass is 434 g/mol. The van der Waals surface area contributed by atoms with Crippen molar-refractivity contribution in [3.63, 3.8) is 0 Å². The zero-order chi connectivity index (χ0) is 22.0. The highest BCUT2D eigenvalue weighted by atomic mass is 32.1. The molecular weight excluding hydrogens is 412 g/mol. The number of hydrogen-bond acceptors (Lipinski definition) is 5. The fraction of sp³-hybridized carbons (Fsp3) is 0.208. The van der Waals surface area contributed by atoms with Crippen molar-refractivity contribution in [2.45, 2.75) is 26.8 Å². The van der Waals surface area contributed by atoms with E-state index in [0.29, 0.717) is 36.5 Å². The van der Waals surface area contributed by atoms with Gasteiger partial charge in [0.25, 0.3) is 5.56 Å². The largest absolute Gasteiger partial charge is 0.494 e. The van der Waals surface area contributed by atoms with Crippen molar-refractivity contribution in [1.82, 2.24) is 9.55 Å². The molecule has 0 atom stereocenters. The number of carboxylic acids is 1. The van der Waals surface area contributed by atoms with Crippen LogP contribution in [-0.4, -0.2) is 27.2 Å². The van der Waals surface area contributed by atoms with E-state index in [1.54, 1.807) is 28.0 Å². The minimum absolute atomic E-state index is 0.0310. The van der Waals surface area contributed by atoms with Crippen LogP contribution in [0.1, 0.15) is 27.5 Å². The van der Waals surface area contributed by atoms with Gasteiger partial charge in [0.1, 0.15) is 16.4 Å². The van der Waals surface area contributed by atoms with Crippen molar-refractivity contribution in [1.29, 1.82) is 0 Å². The highest BCUT2D eigenvalue weighted by Gasteiger charge is 2.18. The molecule has 6 nitrogen and oxygen atoms in total. The van der Waals surface area contributed by atoms with Crippen LogP contribution in [0.2, 0.25) is 0 Å². The molecular formula is C24H22N2O4S. The fourth-order valence-electron chi connectivity index (χ4n) is 3.62. The Bertz CT molecular complexity index is 1290. The first-order chi connectivity index (χ1) is 15.0. The van der Waals surface area contributed by atoms with E-state index >= 15 is 0 Å². The summed E-state index contributed by atoms with van der Waals surface area (Å²) in [6.07, 6.45) is 0.623. The van der Waals surface area contributed by atoms with Crippen LogP contribution in [0.25, 0.3) is 21.3 Å². The number of hydrogen-bond donors (Lipinski definition) is 1. The fourth-order valence-corrected chi connectivity index (χ4v) is 4.70. The van der Waals surface area contributed by atoms with E-state index < -0.39 is 5.97 Å². The third kappa shape index (κ3) is 4.22. The highest BCUT2D eigenvalue weighted by Crippen LogP contribution is 2.35. The minimum Gasteiger partial charge on any atom is -0.494 e. The van der Waals surface area contributed by atoms with E-state index in [-0.39, 0.29) is 11.1 Å². The normalized spacial score (nSPS) is 11.0. The van der Waals surface area contributed by atoms with Gasteiger partial charge in [-0.15, -0.1) is 11.3 Å². The number of rotatable bonds is 7. The molecule has 0 aliphatic heterocycles. The average Bonchev–Trinajstić information content (AvgIpc) is 3.09. The second kappa shape index (κ2) is 8.73. The second-order valence-corrected chi connectivity index (χ2v) is 8.43. The first-order valence-corrected chi connectivity index (χ1v) is 10.8. The topological polar surface area (TPSA) is 81.4 Å². The van der Waals surface area contributed by atoms with E-state index in [1.165, 1.54) is 12.1 Å². The van der Waals surface area contributed by atoms with Gasteiger partial charge in [-0.2, -0.15) is 0 Å². The number of aromatic nitrogens is 2. The van der Waals surface area contributed by atoms with Crippen molar-refractivity contribution in [3.05, 3.63) is 81.2 Å². The molecule has 2 heterocycles. The van der Waals surface area contributed by atoms with Crippen LogP contribution >= 0.6 is 11.3 Å². The van der Waals surface area contributed by atoms with E-state index in [1.807, 2.05) is 44.2 Å². The van der Waals surface area contributed by atoms with Gasteiger partial charge in [0.05, 0.1) is 17.6 Å². The molecule has 158 valence electrons. The van der Waals surface area contributed by atoms with Crippen molar-refractivity contribution < 1.29 is 14.6 Å². The number of thiophene rings is 1. The molecule has 0 spiro atoms. The molecule has 0 unspecified atom stereocenters. The summed E-state index contributed by atoms with van der Waals surface area (Å²) >= 11 is 1.55. The third-order valence-electron chi connectivity index (χ3n) is 5.14. The highest BCUT2D eigenvalue weighted by molar-refractivity contribution is 7.19. The van der Waals surface area contributed by atoms with Crippen LogP contribution in [0, 0.1) is 13.8 Å². The molecule has 0 aliphatic carbocycles. The molecule has 0 saturated carbocycles. The molecule has 0 fully saturated rings. The van der Waals surface area contributed by atoms with Crippen molar-refractivity contribution in [2.24, 2.45) is 0 Å². The molecule has 1 N–H and O–H groups in total. The molecule has 4 aromatic rings. The van der Waals surface area contributed by atoms with Gasteiger partial charge in [0.2, 0.25) is 0 Å². The zero-order valence-electron chi connectivity index (χ0n) is 17.3. The summed E-state index contributed by atoms with van der Waals surface area (Å²) in [6, 6.07) is 16.2. The van der Waals surface area contributed by atoms with Gasteiger partial charge in [-0.3, -0.25) is 9.36 Å². The van der Waals surface area contributed by atoms with Crippen LogP contribution in [0.4, 0.5) is 0 Å².